The minimum Gasteiger partial charge on any atom is -0.507 e. The van der Waals surface area contributed by atoms with Gasteiger partial charge in [-0.05, 0) is 12.1 Å². The van der Waals surface area contributed by atoms with Crippen LogP contribution in [-0.2, 0) is 0 Å². The summed E-state index contributed by atoms with van der Waals surface area (Å²) in [4.78, 5) is 0. The summed E-state index contributed by atoms with van der Waals surface area (Å²) in [6, 6.07) is 6.62. The maximum absolute atomic E-state index is 9.04. The lowest BCUT2D eigenvalue weighted by molar-refractivity contribution is 0.321. The van der Waals surface area contributed by atoms with Crippen molar-refractivity contribution in [2.45, 2.75) is 0 Å². The Morgan fingerprint density at radius 3 is 2.60 bits per heavy atom. The first kappa shape index (κ1) is 10.7. The Morgan fingerprint density at radius 2 is 2.13 bits per heavy atom. The van der Waals surface area contributed by atoms with Crippen molar-refractivity contribution in [2.75, 3.05) is 0 Å². The highest BCUT2D eigenvalue weighted by Gasteiger charge is 1.92. The van der Waals surface area contributed by atoms with Crippen molar-refractivity contribution < 1.29 is 10.3 Å². The Labute approximate surface area is 85.9 Å². The Kier molecular flexibility index (Phi) is 4.38. The number of hydrogen-bond acceptors (Lipinski definition) is 5. The molecule has 1 heterocycles. The Balaban J connectivity index is 0.000000187. The average Bonchev–Trinajstić information content (AvgIpc) is 2.80. The van der Waals surface area contributed by atoms with E-state index in [9.17, 15) is 0 Å². The molecule has 0 fully saturated rings. The molecule has 1 aromatic carbocycles. The molecule has 0 radical (unpaired) electrons. The fourth-order valence-electron chi connectivity index (χ4n) is 0.826. The van der Waals surface area contributed by atoms with E-state index in [1.165, 1.54) is 12.3 Å². The van der Waals surface area contributed by atoms with Crippen LogP contribution in [0.15, 0.2) is 41.8 Å². The van der Waals surface area contributed by atoms with Crippen molar-refractivity contribution in [3.63, 3.8) is 0 Å². The number of aromatic nitrogens is 3. The van der Waals surface area contributed by atoms with Crippen LogP contribution >= 0.6 is 0 Å². The van der Waals surface area contributed by atoms with Crippen LogP contribution in [0, 0.1) is 0 Å². The summed E-state index contributed by atoms with van der Waals surface area (Å²) in [5.41, 5.74) is 0.505. The van der Waals surface area contributed by atoms with Crippen molar-refractivity contribution in [1.29, 1.82) is 0 Å². The van der Waals surface area contributed by atoms with Crippen LogP contribution in [-0.4, -0.2) is 31.9 Å². The van der Waals surface area contributed by atoms with Crippen molar-refractivity contribution in [2.24, 2.45) is 5.16 Å². The quantitative estimate of drug-likeness (QED) is 0.368. The summed E-state index contributed by atoms with van der Waals surface area (Å²) < 4.78 is 0. The highest BCUT2D eigenvalue weighted by molar-refractivity contribution is 5.82. The molecule has 2 rings (SSSR count). The molecule has 2 aromatic rings. The Morgan fingerprint density at radius 1 is 1.33 bits per heavy atom. The van der Waals surface area contributed by atoms with Gasteiger partial charge in [-0.2, -0.15) is 0 Å². The van der Waals surface area contributed by atoms with Gasteiger partial charge < -0.3 is 10.3 Å². The highest BCUT2D eigenvalue weighted by Crippen LogP contribution is 2.12. The normalized spacial score (nSPS) is 9.60. The van der Waals surface area contributed by atoms with Gasteiger partial charge in [-0.1, -0.05) is 22.5 Å². The summed E-state index contributed by atoms with van der Waals surface area (Å²) in [5, 5.41) is 29.2. The lowest BCUT2D eigenvalue weighted by atomic mass is 10.2. The third kappa shape index (κ3) is 3.90. The molecule has 0 saturated carbocycles. The second-order valence-corrected chi connectivity index (χ2v) is 2.46. The van der Waals surface area contributed by atoms with Crippen LogP contribution in [0.5, 0.6) is 5.75 Å². The number of benzene rings is 1. The number of H-pyrrole nitrogens is 1. The molecular formula is C9H10N4O2. The monoisotopic (exact) mass is 206 g/mol. The number of rotatable bonds is 1. The van der Waals surface area contributed by atoms with E-state index in [4.69, 9.17) is 10.3 Å². The number of para-hydroxylation sites is 1. The van der Waals surface area contributed by atoms with E-state index >= 15 is 0 Å². The van der Waals surface area contributed by atoms with E-state index in [2.05, 4.69) is 20.6 Å². The second kappa shape index (κ2) is 6.14. The van der Waals surface area contributed by atoms with E-state index in [1.807, 2.05) is 0 Å². The molecule has 0 amide bonds. The van der Waals surface area contributed by atoms with Gasteiger partial charge in [0.2, 0.25) is 0 Å². The predicted octanol–water partition coefficient (Wildman–Crippen LogP) is 1.00. The zero-order valence-corrected chi connectivity index (χ0v) is 7.78. The number of hydrogen-bond donors (Lipinski definition) is 3. The lowest BCUT2D eigenvalue weighted by Crippen LogP contribution is -1.79. The number of aromatic amines is 1. The molecule has 0 spiro atoms. The summed E-state index contributed by atoms with van der Waals surface area (Å²) in [7, 11) is 0. The molecule has 0 saturated heterocycles. The number of phenols is 1. The Hall–Kier alpha value is -2.37. The van der Waals surface area contributed by atoms with Gasteiger partial charge in [0, 0.05) is 11.8 Å². The predicted molar refractivity (Wildman–Crippen MR) is 53.9 cm³/mol. The van der Waals surface area contributed by atoms with E-state index in [-0.39, 0.29) is 5.75 Å². The van der Waals surface area contributed by atoms with Crippen LogP contribution in [0.25, 0.3) is 0 Å². The SMILES string of the molecule is ON=Cc1ccccc1O.c1c[nH]nn1. The molecular weight excluding hydrogens is 196 g/mol. The maximum Gasteiger partial charge on any atom is 0.124 e. The van der Waals surface area contributed by atoms with Crippen molar-refractivity contribution >= 4 is 6.21 Å². The van der Waals surface area contributed by atoms with Crippen molar-refractivity contribution in [3.05, 3.63) is 42.2 Å². The fourth-order valence-corrected chi connectivity index (χ4v) is 0.826. The van der Waals surface area contributed by atoms with Crippen LogP contribution in [0.2, 0.25) is 0 Å². The topological polar surface area (TPSA) is 94.4 Å². The van der Waals surface area contributed by atoms with Gasteiger partial charge in [0.25, 0.3) is 0 Å². The highest BCUT2D eigenvalue weighted by atomic mass is 16.4. The van der Waals surface area contributed by atoms with Gasteiger partial charge in [0.1, 0.15) is 5.75 Å². The van der Waals surface area contributed by atoms with Crippen LogP contribution in [0.4, 0.5) is 0 Å². The average molecular weight is 206 g/mol. The second-order valence-electron chi connectivity index (χ2n) is 2.46. The van der Waals surface area contributed by atoms with Gasteiger partial charge in [-0.15, -0.1) is 5.10 Å². The Bertz CT molecular complexity index is 383. The fraction of sp³-hybridized carbons (Fsp3) is 0. The summed E-state index contributed by atoms with van der Waals surface area (Å²) >= 11 is 0. The van der Waals surface area contributed by atoms with E-state index in [0.29, 0.717) is 5.56 Å². The largest absolute Gasteiger partial charge is 0.507 e. The zero-order valence-electron chi connectivity index (χ0n) is 7.78. The first-order chi connectivity index (χ1) is 7.34. The molecule has 6 nitrogen and oxygen atoms in total. The molecule has 1 aromatic heterocycles. The minimum absolute atomic E-state index is 0.111. The standard InChI is InChI=1S/C7H7NO2.C2H3N3/c9-7-4-2-1-3-6(7)5-8-10;1-2-4-5-3-1/h1-5,9-10H;1-2H,(H,3,4,5). The van der Waals surface area contributed by atoms with Gasteiger partial charge in [0.15, 0.2) is 0 Å². The zero-order chi connectivity index (χ0) is 10.9. The summed E-state index contributed by atoms with van der Waals surface area (Å²) in [6.07, 6.45) is 4.41. The maximum atomic E-state index is 9.04. The van der Waals surface area contributed by atoms with Crippen LogP contribution < -0.4 is 0 Å². The molecule has 0 atom stereocenters. The smallest absolute Gasteiger partial charge is 0.124 e. The summed E-state index contributed by atoms with van der Waals surface area (Å²) in [6.45, 7) is 0. The first-order valence-corrected chi connectivity index (χ1v) is 4.10. The van der Waals surface area contributed by atoms with E-state index in [0.717, 1.165) is 0 Å². The third-order valence-corrected chi connectivity index (χ3v) is 1.46. The number of nitrogens with one attached hydrogen (secondary N) is 1. The van der Waals surface area contributed by atoms with E-state index < -0.39 is 0 Å². The van der Waals surface area contributed by atoms with Crippen LogP contribution in [0.3, 0.4) is 0 Å². The molecule has 0 bridgehead atoms. The first-order valence-electron chi connectivity index (χ1n) is 4.10. The molecule has 0 aliphatic rings. The van der Waals surface area contributed by atoms with Gasteiger partial charge in [-0.3, -0.25) is 5.10 Å². The van der Waals surface area contributed by atoms with Gasteiger partial charge >= 0.3 is 0 Å². The number of nitrogens with zero attached hydrogens (tertiary/aromatic N) is 3. The molecule has 0 aliphatic heterocycles. The molecule has 0 unspecified atom stereocenters. The van der Waals surface area contributed by atoms with E-state index in [1.54, 1.807) is 30.6 Å². The van der Waals surface area contributed by atoms with Crippen molar-refractivity contribution in [3.8, 4) is 5.75 Å². The minimum atomic E-state index is 0.111. The molecule has 15 heavy (non-hydrogen) atoms. The molecule has 3 N–H and O–H groups in total. The molecule has 78 valence electrons. The van der Waals surface area contributed by atoms with Gasteiger partial charge in [-0.25, -0.2) is 0 Å². The van der Waals surface area contributed by atoms with Crippen molar-refractivity contribution in [1.82, 2.24) is 15.4 Å². The lowest BCUT2D eigenvalue weighted by Gasteiger charge is -1.93. The van der Waals surface area contributed by atoms with Crippen LogP contribution in [0.1, 0.15) is 5.56 Å². The number of phenolic OH excluding ortho intramolecular Hbond substituents is 1. The van der Waals surface area contributed by atoms with Gasteiger partial charge in [0.05, 0.1) is 12.4 Å². The molecule has 0 aliphatic carbocycles. The summed E-state index contributed by atoms with van der Waals surface area (Å²) in [5.74, 6) is 0.111. The molecule has 6 heteroatoms. The third-order valence-electron chi connectivity index (χ3n) is 1.46. The number of oxime groups is 1. The number of aromatic hydroxyl groups is 1.